The van der Waals surface area contributed by atoms with E-state index in [1.165, 1.54) is 0 Å². The second-order valence-electron chi connectivity index (χ2n) is 11.5. The Labute approximate surface area is 229 Å². The molecule has 2 unspecified atom stereocenters. The van der Waals surface area contributed by atoms with Gasteiger partial charge in [-0.1, -0.05) is 38.2 Å². The van der Waals surface area contributed by atoms with Gasteiger partial charge in [0, 0.05) is 24.5 Å². The zero-order valence-corrected chi connectivity index (χ0v) is 25.6. The SMILES string of the molecule is CC(CCCCNC(=O)OC(C)(C)C)CN=[N+]=[N-].CC(CCCCNC(=O)OC(C)(C)C)COS(C)(=O)=O. The summed E-state index contributed by atoms with van der Waals surface area (Å²) in [6.45, 7) is 16.9. The monoisotopic (exact) mass is 565 g/mol. The van der Waals surface area contributed by atoms with Crippen LogP contribution in [-0.2, 0) is 23.8 Å². The van der Waals surface area contributed by atoms with Crippen LogP contribution in [0.5, 0.6) is 0 Å². The highest BCUT2D eigenvalue weighted by atomic mass is 32.2. The van der Waals surface area contributed by atoms with Gasteiger partial charge in [0.25, 0.3) is 10.1 Å². The second kappa shape index (κ2) is 19.8. The molecule has 2 N–H and O–H groups in total. The number of nitrogens with zero attached hydrogens (tertiary/aromatic N) is 3. The number of hydrogen-bond acceptors (Lipinski definition) is 8. The van der Waals surface area contributed by atoms with E-state index >= 15 is 0 Å². The maximum absolute atomic E-state index is 11.3. The molecule has 0 spiro atoms. The van der Waals surface area contributed by atoms with Gasteiger partial charge in [0.2, 0.25) is 0 Å². The molecule has 0 saturated heterocycles. The van der Waals surface area contributed by atoms with Crippen LogP contribution in [0.2, 0.25) is 0 Å². The van der Waals surface area contributed by atoms with Gasteiger partial charge in [0.15, 0.2) is 0 Å². The fraction of sp³-hybridized carbons (Fsp3) is 0.920. The average molecular weight is 566 g/mol. The number of carbonyl (C=O) groups is 2. The first-order chi connectivity index (χ1) is 17.3. The maximum Gasteiger partial charge on any atom is 0.407 e. The largest absolute Gasteiger partial charge is 0.444 e. The van der Waals surface area contributed by atoms with Crippen LogP contribution in [-0.4, -0.2) is 64.3 Å². The molecule has 0 fully saturated rings. The Hall–Kier alpha value is -2.24. The van der Waals surface area contributed by atoms with E-state index in [1.807, 2.05) is 48.5 Å². The lowest BCUT2D eigenvalue weighted by atomic mass is 10.0. The van der Waals surface area contributed by atoms with Crippen molar-refractivity contribution < 1.29 is 31.7 Å². The molecule has 38 heavy (non-hydrogen) atoms. The first-order valence-corrected chi connectivity index (χ1v) is 14.9. The highest BCUT2D eigenvalue weighted by Crippen LogP contribution is 2.11. The molecular formula is C25H51N5O7S. The quantitative estimate of drug-likeness (QED) is 0.0816. The van der Waals surface area contributed by atoms with Crippen LogP contribution >= 0.6 is 0 Å². The number of nitrogens with one attached hydrogen (secondary N) is 2. The number of unbranched alkanes of at least 4 members (excludes halogenated alkanes) is 2. The van der Waals surface area contributed by atoms with Gasteiger partial charge in [-0.05, 0) is 78.2 Å². The summed E-state index contributed by atoms with van der Waals surface area (Å²) in [7, 11) is -3.36. The van der Waals surface area contributed by atoms with Crippen LogP contribution in [0.1, 0.15) is 93.9 Å². The first kappa shape index (κ1) is 37.9. The van der Waals surface area contributed by atoms with Crippen molar-refractivity contribution in [2.24, 2.45) is 17.0 Å². The van der Waals surface area contributed by atoms with Crippen LogP contribution in [0.4, 0.5) is 9.59 Å². The fourth-order valence-corrected chi connectivity index (χ4v) is 3.31. The third-order valence-electron chi connectivity index (χ3n) is 4.61. The van der Waals surface area contributed by atoms with Crippen LogP contribution in [0, 0.1) is 11.8 Å². The highest BCUT2D eigenvalue weighted by Gasteiger charge is 2.16. The van der Waals surface area contributed by atoms with Crippen molar-refractivity contribution in [1.29, 1.82) is 0 Å². The molecule has 0 bridgehead atoms. The number of carbonyl (C=O) groups excluding carboxylic acids is 2. The van der Waals surface area contributed by atoms with Crippen molar-refractivity contribution >= 4 is 22.3 Å². The molecule has 0 aliphatic heterocycles. The van der Waals surface area contributed by atoms with E-state index in [2.05, 4.69) is 27.6 Å². The summed E-state index contributed by atoms with van der Waals surface area (Å²) in [5.41, 5.74) is 7.24. The van der Waals surface area contributed by atoms with Gasteiger partial charge in [-0.15, -0.1) is 0 Å². The van der Waals surface area contributed by atoms with Gasteiger partial charge in [-0.2, -0.15) is 8.42 Å². The molecule has 0 aliphatic carbocycles. The number of rotatable bonds is 15. The van der Waals surface area contributed by atoms with Crippen molar-refractivity contribution in [3.05, 3.63) is 10.4 Å². The predicted molar refractivity (Wildman–Crippen MR) is 149 cm³/mol. The van der Waals surface area contributed by atoms with Crippen molar-refractivity contribution in [3.63, 3.8) is 0 Å². The third-order valence-corrected chi connectivity index (χ3v) is 5.17. The van der Waals surface area contributed by atoms with E-state index in [0.717, 1.165) is 44.8 Å². The predicted octanol–water partition coefficient (Wildman–Crippen LogP) is 5.92. The zero-order chi connectivity index (χ0) is 29.8. The zero-order valence-electron chi connectivity index (χ0n) is 24.8. The molecular weight excluding hydrogens is 514 g/mol. The Kier molecular flexibility index (Phi) is 19.7. The molecule has 2 amide bonds. The molecule has 13 heteroatoms. The number of ether oxygens (including phenoxy) is 2. The average Bonchev–Trinajstić information content (AvgIpc) is 2.73. The van der Waals surface area contributed by atoms with Gasteiger partial charge >= 0.3 is 12.2 Å². The normalized spacial score (nSPS) is 13.2. The summed E-state index contributed by atoms with van der Waals surface area (Å²) in [6.07, 6.45) is 5.73. The number of azide groups is 1. The Morgan fingerprint density at radius 1 is 0.842 bits per heavy atom. The summed E-state index contributed by atoms with van der Waals surface area (Å²) in [6, 6.07) is 0. The van der Waals surface area contributed by atoms with E-state index in [4.69, 9.17) is 19.2 Å². The van der Waals surface area contributed by atoms with Gasteiger partial charge in [0.1, 0.15) is 11.2 Å². The minimum Gasteiger partial charge on any atom is -0.444 e. The van der Waals surface area contributed by atoms with E-state index in [9.17, 15) is 18.0 Å². The minimum absolute atomic E-state index is 0.172. The van der Waals surface area contributed by atoms with Crippen molar-refractivity contribution in [2.75, 3.05) is 32.5 Å². The van der Waals surface area contributed by atoms with Crippen LogP contribution in [0.15, 0.2) is 5.11 Å². The molecule has 0 aromatic heterocycles. The van der Waals surface area contributed by atoms with Gasteiger partial charge < -0.3 is 20.1 Å². The molecule has 0 aromatic rings. The molecule has 0 radical (unpaired) electrons. The standard InChI is InChI=1S/C13H27NO5S.C12H24N4O2/c1-11(10-18-20(5,16)17)8-6-7-9-14-12(15)19-13(2,3)4;1-10(9-15-16-13)7-5-6-8-14-11(17)18-12(2,3)4/h11H,6-10H2,1-5H3,(H,14,15);10H,5-9H2,1-4H3,(H,14,17). The van der Waals surface area contributed by atoms with Crippen LogP contribution in [0.25, 0.3) is 10.4 Å². The number of alkyl carbamates (subject to hydrolysis) is 2. The molecule has 0 saturated carbocycles. The third kappa shape index (κ3) is 31.8. The number of amides is 2. The van der Waals surface area contributed by atoms with Gasteiger partial charge in [-0.25, -0.2) is 9.59 Å². The molecule has 0 aromatic carbocycles. The van der Waals surface area contributed by atoms with E-state index in [1.54, 1.807) is 0 Å². The van der Waals surface area contributed by atoms with Crippen molar-refractivity contribution in [3.8, 4) is 0 Å². The smallest absolute Gasteiger partial charge is 0.407 e. The minimum atomic E-state index is -3.36. The van der Waals surface area contributed by atoms with E-state index in [-0.39, 0.29) is 18.6 Å². The summed E-state index contributed by atoms with van der Waals surface area (Å²) in [4.78, 5) is 25.4. The molecule has 2 atom stereocenters. The lowest BCUT2D eigenvalue weighted by molar-refractivity contribution is 0.0515. The first-order valence-electron chi connectivity index (χ1n) is 13.1. The lowest BCUT2D eigenvalue weighted by Crippen LogP contribution is -2.33. The molecule has 0 aliphatic rings. The Morgan fingerprint density at radius 3 is 1.63 bits per heavy atom. The van der Waals surface area contributed by atoms with Crippen molar-refractivity contribution in [1.82, 2.24) is 10.6 Å². The second-order valence-corrected chi connectivity index (χ2v) is 13.1. The molecule has 0 rings (SSSR count). The van der Waals surface area contributed by atoms with Crippen molar-refractivity contribution in [2.45, 2.75) is 105 Å². The highest BCUT2D eigenvalue weighted by molar-refractivity contribution is 7.85. The molecule has 0 heterocycles. The van der Waals surface area contributed by atoms with Gasteiger partial charge in [-0.3, -0.25) is 4.18 Å². The molecule has 12 nitrogen and oxygen atoms in total. The summed E-state index contributed by atoms with van der Waals surface area (Å²) in [5, 5.41) is 8.92. The number of hydrogen-bond donors (Lipinski definition) is 2. The van der Waals surface area contributed by atoms with Crippen LogP contribution < -0.4 is 10.6 Å². The van der Waals surface area contributed by atoms with E-state index in [0.29, 0.717) is 25.6 Å². The van der Waals surface area contributed by atoms with Crippen LogP contribution in [0.3, 0.4) is 0 Å². The Bertz CT molecular complexity index is 817. The van der Waals surface area contributed by atoms with E-state index < -0.39 is 27.4 Å². The topological polar surface area (TPSA) is 169 Å². The fourth-order valence-electron chi connectivity index (χ4n) is 2.84. The summed E-state index contributed by atoms with van der Waals surface area (Å²) >= 11 is 0. The molecule has 224 valence electrons. The Morgan fingerprint density at radius 2 is 1.26 bits per heavy atom. The summed E-state index contributed by atoms with van der Waals surface area (Å²) in [5.74, 6) is 0.564. The lowest BCUT2D eigenvalue weighted by Gasteiger charge is -2.19. The summed E-state index contributed by atoms with van der Waals surface area (Å²) < 4.78 is 36.6. The maximum atomic E-state index is 11.3. The Balaban J connectivity index is 0. The van der Waals surface area contributed by atoms with Gasteiger partial charge in [0.05, 0.1) is 12.9 Å².